The lowest BCUT2D eigenvalue weighted by Crippen LogP contribution is -2.36. The second kappa shape index (κ2) is 6.97. The van der Waals surface area contributed by atoms with Crippen molar-refractivity contribution < 1.29 is 4.39 Å². The Balaban J connectivity index is 2.55. The number of nitriles is 1. The Bertz CT molecular complexity index is 332. The highest BCUT2D eigenvalue weighted by Gasteiger charge is 2.13. The normalized spacial score (nSPS) is 12.4. The first kappa shape index (κ1) is 12.7. The lowest BCUT2D eigenvalue weighted by atomic mass is 10.1. The number of halogens is 1. The van der Waals surface area contributed by atoms with Crippen LogP contribution in [0.1, 0.15) is 12.5 Å². The number of hydrogen-bond donors (Lipinski definition) is 0. The summed E-state index contributed by atoms with van der Waals surface area (Å²) in [6.07, 6.45) is 0.850. The molecule has 0 aliphatic carbocycles. The number of benzene rings is 1. The Morgan fingerprint density at radius 3 is 2.62 bits per heavy atom. The predicted octanol–water partition coefficient (Wildman–Crippen LogP) is 2.41. The van der Waals surface area contributed by atoms with Gasteiger partial charge in [-0.15, -0.1) is 0 Å². The van der Waals surface area contributed by atoms with E-state index < -0.39 is 6.67 Å². The third kappa shape index (κ3) is 4.00. The molecule has 16 heavy (non-hydrogen) atoms. The predicted molar refractivity (Wildman–Crippen MR) is 62.8 cm³/mol. The first-order valence-electron chi connectivity index (χ1n) is 5.48. The smallest absolute Gasteiger partial charge is 0.102 e. The highest BCUT2D eigenvalue weighted by atomic mass is 18.2. The van der Waals surface area contributed by atoms with E-state index in [1.54, 1.807) is 0 Å². The Labute approximate surface area is 96.3 Å². The molecule has 3 heteroatoms. The van der Waals surface area contributed by atoms with Crippen molar-refractivity contribution in [1.82, 2.24) is 4.90 Å². The van der Waals surface area contributed by atoms with Gasteiger partial charge in [0.15, 0.2) is 0 Å². The zero-order valence-electron chi connectivity index (χ0n) is 9.56. The molecular formula is C13H17FN2. The van der Waals surface area contributed by atoms with E-state index in [9.17, 15) is 4.39 Å². The molecule has 0 saturated carbocycles. The topological polar surface area (TPSA) is 27.0 Å². The molecule has 1 aromatic rings. The standard InChI is InChI=1S/C13H17FN2/c1-12(16(9-7-14)10-8-15)11-13-5-3-2-4-6-13/h2-6,12H,7,9-11H2,1H3/t12-/m1/s1/i14-1. The zero-order valence-corrected chi connectivity index (χ0v) is 9.56. The van der Waals surface area contributed by atoms with Gasteiger partial charge in [-0.1, -0.05) is 30.3 Å². The molecule has 0 N–H and O–H groups in total. The lowest BCUT2D eigenvalue weighted by molar-refractivity contribution is 0.213. The van der Waals surface area contributed by atoms with Crippen LogP contribution in [0.15, 0.2) is 30.3 Å². The second-order valence-corrected chi connectivity index (χ2v) is 3.86. The Hall–Kier alpha value is -1.40. The molecule has 0 spiro atoms. The van der Waals surface area contributed by atoms with Gasteiger partial charge in [0, 0.05) is 12.6 Å². The molecule has 0 heterocycles. The average Bonchev–Trinajstić information content (AvgIpc) is 2.30. The minimum Gasteiger partial charge on any atom is -0.285 e. The summed E-state index contributed by atoms with van der Waals surface area (Å²) >= 11 is 0. The van der Waals surface area contributed by atoms with Gasteiger partial charge < -0.3 is 0 Å². The Morgan fingerprint density at radius 2 is 2.06 bits per heavy atom. The monoisotopic (exact) mass is 219 g/mol. The van der Waals surface area contributed by atoms with E-state index in [0.717, 1.165) is 6.42 Å². The average molecular weight is 219 g/mol. The third-order valence-corrected chi connectivity index (χ3v) is 2.64. The maximum atomic E-state index is 12.3. The molecule has 2 nitrogen and oxygen atoms in total. The quantitative estimate of drug-likeness (QED) is 0.687. The van der Waals surface area contributed by atoms with Crippen LogP contribution in [-0.4, -0.2) is 30.7 Å². The molecule has 0 unspecified atom stereocenters. The summed E-state index contributed by atoms with van der Waals surface area (Å²) in [5.41, 5.74) is 1.22. The van der Waals surface area contributed by atoms with Crippen molar-refractivity contribution in [2.24, 2.45) is 0 Å². The minimum atomic E-state index is -0.402. The third-order valence-electron chi connectivity index (χ3n) is 2.64. The highest BCUT2D eigenvalue weighted by molar-refractivity contribution is 5.15. The molecule has 1 aromatic carbocycles. The van der Waals surface area contributed by atoms with Crippen molar-refractivity contribution in [3.8, 4) is 6.07 Å². The van der Waals surface area contributed by atoms with Crippen molar-refractivity contribution in [3.63, 3.8) is 0 Å². The lowest BCUT2D eigenvalue weighted by Gasteiger charge is -2.25. The maximum Gasteiger partial charge on any atom is 0.102 e. The first-order valence-corrected chi connectivity index (χ1v) is 5.48. The summed E-state index contributed by atoms with van der Waals surface area (Å²) in [4.78, 5) is 1.87. The fourth-order valence-corrected chi connectivity index (χ4v) is 1.74. The molecule has 1 rings (SSSR count). The van der Waals surface area contributed by atoms with Gasteiger partial charge in [-0.25, -0.2) is 4.39 Å². The molecule has 1 atom stereocenters. The SMILES string of the molecule is C[C@H](Cc1ccccc1)N(CC#N)CC[18F]. The molecule has 0 amide bonds. The van der Waals surface area contributed by atoms with Crippen molar-refractivity contribution in [2.75, 3.05) is 19.8 Å². The summed E-state index contributed by atoms with van der Waals surface area (Å²) in [5.74, 6) is 0. The summed E-state index contributed by atoms with van der Waals surface area (Å²) < 4.78 is 12.3. The molecule has 0 saturated heterocycles. The molecule has 0 radical (unpaired) electrons. The van der Waals surface area contributed by atoms with Gasteiger partial charge in [-0.05, 0) is 18.9 Å². The van der Waals surface area contributed by atoms with Gasteiger partial charge in [-0.3, -0.25) is 4.90 Å². The molecule has 0 aliphatic heterocycles. The first-order chi connectivity index (χ1) is 7.77. The van der Waals surface area contributed by atoms with Gasteiger partial charge in [0.05, 0.1) is 12.6 Å². The van der Waals surface area contributed by atoms with Gasteiger partial charge in [0.25, 0.3) is 0 Å². The maximum absolute atomic E-state index is 12.3. The number of alkyl halides is 1. The van der Waals surface area contributed by atoms with Gasteiger partial charge in [0.2, 0.25) is 0 Å². The van der Waals surface area contributed by atoms with Gasteiger partial charge >= 0.3 is 0 Å². The Kier molecular flexibility index (Phi) is 5.52. The van der Waals surface area contributed by atoms with Crippen molar-refractivity contribution >= 4 is 0 Å². The van der Waals surface area contributed by atoms with Crippen LogP contribution in [0, 0.1) is 11.3 Å². The molecule has 0 bridgehead atoms. The molecule has 0 aliphatic rings. The summed E-state index contributed by atoms with van der Waals surface area (Å²) in [6.45, 7) is 2.25. The minimum absolute atomic E-state index is 0.192. The van der Waals surface area contributed by atoms with E-state index in [1.807, 2.05) is 30.0 Å². The summed E-state index contributed by atoms with van der Waals surface area (Å²) in [7, 11) is 0. The number of nitrogens with zero attached hydrogens (tertiary/aromatic N) is 2. The fourth-order valence-electron chi connectivity index (χ4n) is 1.74. The highest BCUT2D eigenvalue weighted by Crippen LogP contribution is 2.08. The molecule has 0 fully saturated rings. The van der Waals surface area contributed by atoms with E-state index in [1.165, 1.54) is 5.56 Å². The van der Waals surface area contributed by atoms with Crippen LogP contribution in [0.4, 0.5) is 4.39 Å². The second-order valence-electron chi connectivity index (χ2n) is 3.86. The summed E-state index contributed by atoms with van der Waals surface area (Å²) in [5, 5.41) is 8.66. The largest absolute Gasteiger partial charge is 0.285 e. The van der Waals surface area contributed by atoms with Crippen LogP contribution in [0.3, 0.4) is 0 Å². The molecule has 86 valence electrons. The Morgan fingerprint density at radius 1 is 1.38 bits per heavy atom. The van der Waals surface area contributed by atoms with Crippen LogP contribution >= 0.6 is 0 Å². The van der Waals surface area contributed by atoms with E-state index in [2.05, 4.69) is 18.2 Å². The van der Waals surface area contributed by atoms with E-state index in [-0.39, 0.29) is 12.6 Å². The van der Waals surface area contributed by atoms with Crippen LogP contribution in [0.2, 0.25) is 0 Å². The number of hydrogen-bond acceptors (Lipinski definition) is 2. The van der Waals surface area contributed by atoms with Crippen LogP contribution in [0.25, 0.3) is 0 Å². The van der Waals surface area contributed by atoms with E-state index >= 15 is 0 Å². The van der Waals surface area contributed by atoms with Crippen LogP contribution < -0.4 is 0 Å². The van der Waals surface area contributed by atoms with Crippen molar-refractivity contribution in [1.29, 1.82) is 5.26 Å². The fraction of sp³-hybridized carbons (Fsp3) is 0.462. The summed E-state index contributed by atoms with van der Waals surface area (Å²) in [6, 6.07) is 12.3. The van der Waals surface area contributed by atoms with Crippen LogP contribution in [0.5, 0.6) is 0 Å². The van der Waals surface area contributed by atoms with Crippen LogP contribution in [-0.2, 0) is 6.42 Å². The van der Waals surface area contributed by atoms with E-state index in [0.29, 0.717) is 6.54 Å². The number of rotatable bonds is 6. The van der Waals surface area contributed by atoms with E-state index in [4.69, 9.17) is 5.26 Å². The van der Waals surface area contributed by atoms with Gasteiger partial charge in [0.1, 0.15) is 6.67 Å². The van der Waals surface area contributed by atoms with Crippen molar-refractivity contribution in [3.05, 3.63) is 35.9 Å². The zero-order chi connectivity index (χ0) is 11.8. The van der Waals surface area contributed by atoms with Crippen molar-refractivity contribution in [2.45, 2.75) is 19.4 Å². The molecular weight excluding hydrogens is 202 g/mol. The molecule has 0 aromatic heterocycles. The van der Waals surface area contributed by atoms with Gasteiger partial charge in [-0.2, -0.15) is 5.26 Å².